The van der Waals surface area contributed by atoms with Crippen LogP contribution in [0, 0.1) is 5.82 Å². The minimum absolute atomic E-state index is 0.0473. The second-order valence-corrected chi connectivity index (χ2v) is 6.79. The van der Waals surface area contributed by atoms with Crippen LogP contribution < -0.4 is 5.32 Å². The predicted octanol–water partition coefficient (Wildman–Crippen LogP) is 3.50. The Morgan fingerprint density at radius 3 is 2.88 bits per heavy atom. The maximum Gasteiger partial charge on any atom is 0.331 e. The molecule has 0 spiro atoms. The minimum Gasteiger partial charge on any atom is -0.466 e. The smallest absolute Gasteiger partial charge is 0.331 e. The quantitative estimate of drug-likeness (QED) is 0.189. The van der Waals surface area contributed by atoms with E-state index >= 15 is 0 Å². The van der Waals surface area contributed by atoms with Crippen LogP contribution in [0.2, 0.25) is 10.0 Å². The number of rotatable bonds is 3. The number of amidine groups is 1. The Bertz CT molecular complexity index is 814. The third-order valence-electron chi connectivity index (χ3n) is 2.59. The minimum atomic E-state index is -0.755. The van der Waals surface area contributed by atoms with Crippen molar-refractivity contribution in [3.63, 3.8) is 0 Å². The molecule has 0 radical (unpaired) electrons. The highest BCUT2D eigenvalue weighted by Crippen LogP contribution is 2.32. The van der Waals surface area contributed by atoms with Crippen molar-refractivity contribution < 1.29 is 18.7 Å². The highest BCUT2D eigenvalue weighted by molar-refractivity contribution is 9.10. The average molecular weight is 455 g/mol. The second-order valence-electron chi connectivity index (χ2n) is 4.12. The van der Waals surface area contributed by atoms with Crippen molar-refractivity contribution in [1.82, 2.24) is 5.32 Å². The van der Waals surface area contributed by atoms with Gasteiger partial charge < -0.3 is 4.74 Å². The van der Waals surface area contributed by atoms with E-state index < -0.39 is 17.7 Å². The van der Waals surface area contributed by atoms with Crippen LogP contribution >= 0.6 is 50.9 Å². The van der Waals surface area contributed by atoms with Crippen LogP contribution in [0.5, 0.6) is 0 Å². The number of thioether (sulfide) groups is 1. The molecule has 1 N–H and O–H groups in total. The number of carbonyl (C=O) groups excluding carboxylic acids is 2. The lowest BCUT2D eigenvalue weighted by Gasteiger charge is -2.03. The number of esters is 1. The molecule has 0 saturated carbocycles. The van der Waals surface area contributed by atoms with Gasteiger partial charge in [0.25, 0.3) is 5.91 Å². The lowest BCUT2D eigenvalue weighted by molar-refractivity contribution is -0.135. The molecule has 126 valence electrons. The van der Waals surface area contributed by atoms with Gasteiger partial charge in [-0.15, -0.1) is 5.10 Å². The van der Waals surface area contributed by atoms with E-state index in [4.69, 9.17) is 23.2 Å². The molecule has 24 heavy (non-hydrogen) atoms. The maximum atomic E-state index is 14.0. The van der Waals surface area contributed by atoms with Crippen LogP contribution in [-0.2, 0) is 14.3 Å². The zero-order chi connectivity index (χ0) is 17.9. The van der Waals surface area contributed by atoms with Gasteiger partial charge in [0, 0.05) is 10.5 Å². The molecule has 1 heterocycles. The third kappa shape index (κ3) is 4.35. The van der Waals surface area contributed by atoms with E-state index in [1.54, 1.807) is 0 Å². The monoisotopic (exact) mass is 453 g/mol. The van der Waals surface area contributed by atoms with Crippen molar-refractivity contribution in [2.45, 2.75) is 0 Å². The van der Waals surface area contributed by atoms with Gasteiger partial charge >= 0.3 is 5.97 Å². The van der Waals surface area contributed by atoms with Crippen molar-refractivity contribution in [2.75, 3.05) is 7.11 Å². The molecule has 1 amide bonds. The van der Waals surface area contributed by atoms with Crippen LogP contribution in [0.4, 0.5) is 4.39 Å². The van der Waals surface area contributed by atoms with Gasteiger partial charge in [-0.25, -0.2) is 9.18 Å². The third-order valence-corrected chi connectivity index (χ3v) is 5.02. The lowest BCUT2D eigenvalue weighted by atomic mass is 10.2. The lowest BCUT2D eigenvalue weighted by Crippen LogP contribution is -2.19. The summed E-state index contributed by atoms with van der Waals surface area (Å²) in [5, 5.41) is 9.86. The molecule has 1 aromatic rings. The number of halogens is 4. The number of nitrogens with zero attached hydrogens (tertiary/aromatic N) is 2. The molecule has 1 aliphatic rings. The molecule has 0 atom stereocenters. The summed E-state index contributed by atoms with van der Waals surface area (Å²) in [6.45, 7) is 0. The van der Waals surface area contributed by atoms with Crippen LogP contribution in [0.3, 0.4) is 0 Å². The van der Waals surface area contributed by atoms with Crippen molar-refractivity contribution in [3.8, 4) is 0 Å². The molecule has 1 saturated heterocycles. The Kier molecular flexibility index (Phi) is 6.39. The van der Waals surface area contributed by atoms with Gasteiger partial charge in [0.1, 0.15) is 0 Å². The first-order chi connectivity index (χ1) is 11.3. The summed E-state index contributed by atoms with van der Waals surface area (Å²) in [6.07, 6.45) is 2.09. The van der Waals surface area contributed by atoms with E-state index in [1.807, 2.05) is 0 Å². The molecule has 11 heteroatoms. The molecule has 1 fully saturated rings. The first kappa shape index (κ1) is 18.9. The fourth-order valence-corrected chi connectivity index (χ4v) is 3.15. The summed E-state index contributed by atoms with van der Waals surface area (Å²) in [4.78, 5) is 22.8. The van der Waals surface area contributed by atoms with E-state index in [2.05, 4.69) is 36.2 Å². The Hall–Kier alpha value is -1.42. The maximum absolute atomic E-state index is 14.0. The van der Waals surface area contributed by atoms with Crippen LogP contribution in [0.25, 0.3) is 0 Å². The molecule has 2 rings (SSSR count). The number of nitrogens with one attached hydrogen (secondary N) is 1. The van der Waals surface area contributed by atoms with Crippen molar-refractivity contribution in [1.29, 1.82) is 0 Å². The SMILES string of the molecule is COC(=O)/C=C1/S/C(=N\N=Cc2c(Cl)cc(Br)c(Cl)c2F)NC1=O. The van der Waals surface area contributed by atoms with E-state index in [1.165, 1.54) is 13.2 Å². The van der Waals surface area contributed by atoms with E-state index in [-0.39, 0.29) is 25.7 Å². The van der Waals surface area contributed by atoms with Crippen molar-refractivity contribution in [2.24, 2.45) is 10.2 Å². The highest BCUT2D eigenvalue weighted by atomic mass is 79.9. The summed E-state index contributed by atoms with van der Waals surface area (Å²) < 4.78 is 18.8. The van der Waals surface area contributed by atoms with Gasteiger partial charge in [-0.1, -0.05) is 23.2 Å². The molecule has 0 aliphatic carbocycles. The van der Waals surface area contributed by atoms with Crippen molar-refractivity contribution in [3.05, 3.63) is 42.9 Å². The van der Waals surface area contributed by atoms with Gasteiger partial charge in [0.05, 0.1) is 33.8 Å². The summed E-state index contributed by atoms with van der Waals surface area (Å²) in [5.74, 6) is -1.94. The standard InChI is InChI=1S/C13H7BrCl2FN3O3S/c1-23-9(21)3-8-12(22)19-13(24-8)20-18-4-5-7(15)2-6(14)10(16)11(5)17/h2-4H,1H3,(H,19,20,22)/b8-3+,18-4?. The number of hydrogen-bond acceptors (Lipinski definition) is 6. The molecule has 0 unspecified atom stereocenters. The molecular formula is C13H7BrCl2FN3O3S. The molecule has 0 bridgehead atoms. The van der Waals surface area contributed by atoms with Crippen LogP contribution in [-0.4, -0.2) is 30.4 Å². The second kappa shape index (κ2) is 8.11. The number of methoxy groups -OCH3 is 1. The Labute approximate surface area is 158 Å². The summed E-state index contributed by atoms with van der Waals surface area (Å²) in [7, 11) is 1.19. The zero-order valence-electron chi connectivity index (χ0n) is 11.8. The largest absolute Gasteiger partial charge is 0.466 e. The Morgan fingerprint density at radius 2 is 2.21 bits per heavy atom. The van der Waals surface area contributed by atoms with Crippen LogP contribution in [0.15, 0.2) is 31.7 Å². The van der Waals surface area contributed by atoms with Crippen molar-refractivity contribution >= 4 is 74.2 Å². The van der Waals surface area contributed by atoms with Gasteiger partial charge in [-0.05, 0) is 33.8 Å². The Morgan fingerprint density at radius 1 is 1.50 bits per heavy atom. The summed E-state index contributed by atoms with van der Waals surface area (Å²) in [6, 6.07) is 1.42. The molecule has 0 aromatic heterocycles. The molecule has 1 aliphatic heterocycles. The topological polar surface area (TPSA) is 80.1 Å². The zero-order valence-corrected chi connectivity index (χ0v) is 15.7. The molecule has 6 nitrogen and oxygen atoms in total. The van der Waals surface area contributed by atoms with E-state index in [0.29, 0.717) is 4.47 Å². The number of hydrogen-bond donors (Lipinski definition) is 1. The summed E-state index contributed by atoms with van der Waals surface area (Å²) in [5.41, 5.74) is -0.0473. The summed E-state index contributed by atoms with van der Waals surface area (Å²) >= 11 is 15.6. The first-order valence-electron chi connectivity index (χ1n) is 6.06. The van der Waals surface area contributed by atoms with E-state index in [0.717, 1.165) is 24.1 Å². The van der Waals surface area contributed by atoms with Gasteiger partial charge in [0.2, 0.25) is 0 Å². The fraction of sp³-hybridized carbons (Fsp3) is 0.0769. The number of carbonyl (C=O) groups is 2. The normalized spacial score (nSPS) is 17.8. The average Bonchev–Trinajstić information content (AvgIpc) is 2.88. The van der Waals surface area contributed by atoms with Gasteiger partial charge in [-0.3, -0.25) is 10.1 Å². The molecule has 1 aromatic carbocycles. The van der Waals surface area contributed by atoms with Gasteiger partial charge in [0.15, 0.2) is 11.0 Å². The predicted molar refractivity (Wildman–Crippen MR) is 95.0 cm³/mol. The van der Waals surface area contributed by atoms with Gasteiger partial charge in [-0.2, -0.15) is 5.10 Å². The molecular weight excluding hydrogens is 448 g/mol. The number of amides is 1. The number of ether oxygens (including phenoxy) is 1. The number of benzene rings is 1. The van der Waals surface area contributed by atoms with Crippen LogP contribution in [0.1, 0.15) is 5.56 Å². The Balaban J connectivity index is 2.19. The first-order valence-corrected chi connectivity index (χ1v) is 8.43. The fourth-order valence-electron chi connectivity index (χ4n) is 1.48. The van der Waals surface area contributed by atoms with E-state index in [9.17, 15) is 14.0 Å². The highest BCUT2D eigenvalue weighted by Gasteiger charge is 2.25.